The topological polar surface area (TPSA) is 64.3 Å². The molecule has 1 atom stereocenters. The molecule has 100 valence electrons. The molecule has 1 amide bonds. The van der Waals surface area contributed by atoms with Gasteiger partial charge in [-0.2, -0.15) is 11.8 Å². The Labute approximate surface area is 108 Å². The van der Waals surface area contributed by atoms with Gasteiger partial charge in [0, 0.05) is 18.5 Å². The monoisotopic (exact) mass is 260 g/mol. The van der Waals surface area contributed by atoms with Crippen LogP contribution in [0.5, 0.6) is 0 Å². The van der Waals surface area contributed by atoms with Gasteiger partial charge in [0.25, 0.3) is 0 Å². The van der Waals surface area contributed by atoms with E-state index in [2.05, 4.69) is 12.2 Å². The molecule has 0 bridgehead atoms. The minimum absolute atomic E-state index is 0.165. The predicted molar refractivity (Wildman–Crippen MR) is 72.2 cm³/mol. The molecule has 1 fully saturated rings. The van der Waals surface area contributed by atoms with Gasteiger partial charge < -0.3 is 15.8 Å². The van der Waals surface area contributed by atoms with Crippen molar-refractivity contribution in [1.82, 2.24) is 5.32 Å². The molecule has 1 rings (SSSR count). The van der Waals surface area contributed by atoms with Crippen molar-refractivity contribution in [1.29, 1.82) is 0 Å². The maximum absolute atomic E-state index is 11.2. The molecule has 0 aromatic heterocycles. The van der Waals surface area contributed by atoms with Crippen molar-refractivity contribution in [2.75, 3.05) is 25.5 Å². The van der Waals surface area contributed by atoms with E-state index in [4.69, 9.17) is 10.5 Å². The second-order valence-electron chi connectivity index (χ2n) is 4.38. The molecule has 0 aromatic rings. The van der Waals surface area contributed by atoms with Gasteiger partial charge in [-0.1, -0.05) is 6.92 Å². The summed E-state index contributed by atoms with van der Waals surface area (Å²) in [5.74, 6) is 0.764. The number of hydrogen-bond donors (Lipinski definition) is 2. The first-order valence-electron chi connectivity index (χ1n) is 6.46. The van der Waals surface area contributed by atoms with Gasteiger partial charge in [-0.15, -0.1) is 0 Å². The van der Waals surface area contributed by atoms with E-state index >= 15 is 0 Å². The minimum Gasteiger partial charge on any atom is -0.381 e. The van der Waals surface area contributed by atoms with Crippen molar-refractivity contribution >= 4 is 17.7 Å². The summed E-state index contributed by atoms with van der Waals surface area (Å²) >= 11 is 1.95. The van der Waals surface area contributed by atoms with E-state index in [9.17, 15) is 4.79 Å². The lowest BCUT2D eigenvalue weighted by Gasteiger charge is -2.22. The first-order chi connectivity index (χ1) is 8.24. The smallest absolute Gasteiger partial charge is 0.234 e. The fourth-order valence-corrected chi connectivity index (χ4v) is 3.09. The van der Waals surface area contributed by atoms with Crippen LogP contribution < -0.4 is 11.1 Å². The van der Waals surface area contributed by atoms with Crippen molar-refractivity contribution in [2.24, 2.45) is 5.73 Å². The summed E-state index contributed by atoms with van der Waals surface area (Å²) in [6.45, 7) is 4.70. The highest BCUT2D eigenvalue weighted by atomic mass is 32.2. The predicted octanol–water partition coefficient (Wildman–Crippen LogP) is 1.14. The van der Waals surface area contributed by atoms with Crippen LogP contribution in [-0.4, -0.2) is 42.7 Å². The van der Waals surface area contributed by atoms with Crippen molar-refractivity contribution in [3.05, 3.63) is 0 Å². The highest BCUT2D eigenvalue weighted by Gasteiger charge is 2.17. The average Bonchev–Trinajstić information content (AvgIpc) is 2.34. The molecule has 5 heteroatoms. The number of ether oxygens (including phenoxy) is 1. The van der Waals surface area contributed by atoms with E-state index in [-0.39, 0.29) is 11.9 Å². The molecule has 0 radical (unpaired) electrons. The van der Waals surface area contributed by atoms with Crippen molar-refractivity contribution in [2.45, 2.75) is 43.9 Å². The zero-order valence-electron chi connectivity index (χ0n) is 10.6. The standard InChI is InChI=1S/C12H24N2O2S/c1-2-6-14-11(12(13)15)5-9-17-10-3-7-16-8-4-10/h10-11,14H,2-9H2,1H3,(H2,13,15). The van der Waals surface area contributed by atoms with E-state index in [1.54, 1.807) is 0 Å². The molecular weight excluding hydrogens is 236 g/mol. The number of carbonyl (C=O) groups is 1. The number of carbonyl (C=O) groups excluding carboxylic acids is 1. The van der Waals surface area contributed by atoms with Crippen LogP contribution in [0.1, 0.15) is 32.6 Å². The summed E-state index contributed by atoms with van der Waals surface area (Å²) < 4.78 is 5.32. The number of hydrogen-bond acceptors (Lipinski definition) is 4. The van der Waals surface area contributed by atoms with Crippen LogP contribution in [0.15, 0.2) is 0 Å². The van der Waals surface area contributed by atoms with E-state index in [0.717, 1.165) is 51.2 Å². The molecule has 0 saturated carbocycles. The number of primary amides is 1. The molecule has 1 heterocycles. The van der Waals surface area contributed by atoms with Gasteiger partial charge in [-0.25, -0.2) is 0 Å². The second kappa shape index (κ2) is 8.78. The minimum atomic E-state index is -0.231. The van der Waals surface area contributed by atoms with Gasteiger partial charge >= 0.3 is 0 Å². The zero-order valence-corrected chi connectivity index (χ0v) is 11.4. The van der Waals surface area contributed by atoms with E-state index in [0.29, 0.717) is 5.25 Å². The zero-order chi connectivity index (χ0) is 12.5. The van der Waals surface area contributed by atoms with Gasteiger partial charge in [0.05, 0.1) is 6.04 Å². The van der Waals surface area contributed by atoms with E-state index < -0.39 is 0 Å². The molecule has 0 aliphatic carbocycles. The summed E-state index contributed by atoms with van der Waals surface area (Å²) in [5.41, 5.74) is 5.37. The van der Waals surface area contributed by atoms with Crippen LogP contribution in [0.4, 0.5) is 0 Å². The van der Waals surface area contributed by atoms with Gasteiger partial charge in [-0.05, 0) is 38.0 Å². The van der Waals surface area contributed by atoms with Crippen molar-refractivity contribution < 1.29 is 9.53 Å². The van der Waals surface area contributed by atoms with Gasteiger partial charge in [0.1, 0.15) is 0 Å². The Morgan fingerprint density at radius 3 is 2.82 bits per heavy atom. The number of nitrogens with one attached hydrogen (secondary N) is 1. The molecular formula is C12H24N2O2S. The molecule has 0 aromatic carbocycles. The maximum Gasteiger partial charge on any atom is 0.234 e. The Balaban J connectivity index is 2.14. The second-order valence-corrected chi connectivity index (χ2v) is 5.79. The molecule has 0 spiro atoms. The molecule has 4 nitrogen and oxygen atoms in total. The molecule has 1 saturated heterocycles. The summed E-state index contributed by atoms with van der Waals surface area (Å²) in [4.78, 5) is 11.2. The Morgan fingerprint density at radius 2 is 2.24 bits per heavy atom. The molecule has 1 aliphatic heterocycles. The fourth-order valence-electron chi connectivity index (χ4n) is 1.86. The molecule has 3 N–H and O–H groups in total. The Morgan fingerprint density at radius 1 is 1.53 bits per heavy atom. The number of rotatable bonds is 8. The lowest BCUT2D eigenvalue weighted by atomic mass is 10.2. The Kier molecular flexibility index (Phi) is 7.64. The first kappa shape index (κ1) is 14.8. The molecule has 1 unspecified atom stereocenters. The van der Waals surface area contributed by atoms with Crippen molar-refractivity contribution in [3.63, 3.8) is 0 Å². The largest absolute Gasteiger partial charge is 0.381 e. The van der Waals surface area contributed by atoms with Gasteiger partial charge in [0.2, 0.25) is 5.91 Å². The van der Waals surface area contributed by atoms with Gasteiger partial charge in [-0.3, -0.25) is 4.79 Å². The molecule has 1 aliphatic rings. The third-order valence-electron chi connectivity index (χ3n) is 2.91. The summed E-state index contributed by atoms with van der Waals surface area (Å²) in [6, 6.07) is -0.165. The van der Waals surface area contributed by atoms with Gasteiger partial charge in [0.15, 0.2) is 0 Å². The average molecular weight is 260 g/mol. The van der Waals surface area contributed by atoms with Crippen LogP contribution >= 0.6 is 11.8 Å². The quantitative estimate of drug-likeness (QED) is 0.687. The fraction of sp³-hybridized carbons (Fsp3) is 0.917. The lowest BCUT2D eigenvalue weighted by Crippen LogP contribution is -2.42. The third kappa shape index (κ3) is 6.29. The normalized spacial score (nSPS) is 19.1. The number of thioether (sulfide) groups is 1. The number of nitrogens with two attached hydrogens (primary N) is 1. The first-order valence-corrected chi connectivity index (χ1v) is 7.51. The maximum atomic E-state index is 11.2. The Bertz CT molecular complexity index is 221. The summed E-state index contributed by atoms with van der Waals surface area (Å²) in [7, 11) is 0. The summed E-state index contributed by atoms with van der Waals surface area (Å²) in [6.07, 6.45) is 4.12. The van der Waals surface area contributed by atoms with E-state index in [1.807, 2.05) is 11.8 Å². The molecule has 17 heavy (non-hydrogen) atoms. The van der Waals surface area contributed by atoms with Crippen LogP contribution in [-0.2, 0) is 9.53 Å². The SMILES string of the molecule is CCCNC(CCSC1CCOCC1)C(N)=O. The van der Waals surface area contributed by atoms with Crippen LogP contribution in [0.2, 0.25) is 0 Å². The highest BCUT2D eigenvalue weighted by molar-refractivity contribution is 7.99. The van der Waals surface area contributed by atoms with Crippen LogP contribution in [0.3, 0.4) is 0 Å². The van der Waals surface area contributed by atoms with Crippen LogP contribution in [0.25, 0.3) is 0 Å². The third-order valence-corrected chi connectivity index (χ3v) is 4.33. The summed E-state index contributed by atoms with van der Waals surface area (Å²) in [5, 5.41) is 3.89. The van der Waals surface area contributed by atoms with Crippen LogP contribution in [0, 0.1) is 0 Å². The number of amides is 1. The lowest BCUT2D eigenvalue weighted by molar-refractivity contribution is -0.120. The van der Waals surface area contributed by atoms with E-state index in [1.165, 1.54) is 0 Å². The Hall–Kier alpha value is -0.260. The van der Waals surface area contributed by atoms with Crippen molar-refractivity contribution in [3.8, 4) is 0 Å². The highest BCUT2D eigenvalue weighted by Crippen LogP contribution is 2.22.